The van der Waals surface area contributed by atoms with Gasteiger partial charge in [-0.1, -0.05) is 64.0 Å². The number of hydrogen-bond acceptors (Lipinski definition) is 3. The van der Waals surface area contributed by atoms with Crippen molar-refractivity contribution in [2.45, 2.75) is 66.2 Å². The summed E-state index contributed by atoms with van der Waals surface area (Å²) in [5, 5.41) is 2.31. The molecule has 0 heterocycles. The molecule has 1 aromatic carbocycles. The monoisotopic (exact) mass is 529 g/mol. The van der Waals surface area contributed by atoms with Gasteiger partial charge in [0, 0.05) is 11.1 Å². The minimum absolute atomic E-state index is 0.0727. The summed E-state index contributed by atoms with van der Waals surface area (Å²) in [5.41, 5.74) is 0.944. The van der Waals surface area contributed by atoms with E-state index in [1.165, 1.54) is 5.57 Å². The predicted octanol–water partition coefficient (Wildman–Crippen LogP) is 7.21. The number of rotatable bonds is 5. The minimum atomic E-state index is -0.598. The number of halogens is 2. The summed E-state index contributed by atoms with van der Waals surface area (Å²) in [5.74, 6) is -0.511. The highest BCUT2D eigenvalue weighted by atomic mass is 35.5. The third-order valence-electron chi connectivity index (χ3n) is 10.7. The summed E-state index contributed by atoms with van der Waals surface area (Å²) in [4.78, 5) is 39.5. The van der Waals surface area contributed by atoms with Crippen molar-refractivity contribution in [3.05, 3.63) is 42.0 Å². The molecule has 0 aromatic heterocycles. The van der Waals surface area contributed by atoms with Crippen molar-refractivity contribution in [3.8, 4) is 0 Å². The van der Waals surface area contributed by atoms with Crippen LogP contribution in [-0.4, -0.2) is 16.4 Å². The van der Waals surface area contributed by atoms with Crippen LogP contribution in [0.5, 0.6) is 0 Å². The lowest BCUT2D eigenvalue weighted by Crippen LogP contribution is -2.66. The maximum absolute atomic E-state index is 13.8. The Kier molecular flexibility index (Phi) is 6.48. The molecule has 5 aliphatic carbocycles. The number of fused-ring (bicyclic) bond motifs is 2. The maximum Gasteiger partial charge on any atom is 0.230 e. The van der Waals surface area contributed by atoms with Crippen molar-refractivity contribution in [1.29, 1.82) is 0 Å². The highest BCUT2D eigenvalue weighted by Crippen LogP contribution is 2.73. The van der Waals surface area contributed by atoms with Crippen LogP contribution >= 0.6 is 23.2 Å². The summed E-state index contributed by atoms with van der Waals surface area (Å²) < 4.78 is 0. The van der Waals surface area contributed by atoms with Crippen LogP contribution in [0, 0.1) is 51.8 Å². The highest BCUT2D eigenvalue weighted by Gasteiger charge is 2.70. The number of allylic oxidation sites excluding steroid dienone is 2. The Morgan fingerprint density at radius 2 is 1.67 bits per heavy atom. The van der Waals surface area contributed by atoms with Gasteiger partial charge in [0.05, 0.1) is 17.3 Å². The second-order valence-electron chi connectivity index (χ2n) is 12.6. The molecule has 1 unspecified atom stereocenters. The van der Waals surface area contributed by atoms with E-state index in [2.05, 4.69) is 39.1 Å². The van der Waals surface area contributed by atoms with Gasteiger partial charge in [-0.05, 0) is 96.5 Å². The Bertz CT molecular complexity index is 1120. The minimum Gasteiger partial charge on any atom is -0.326 e. The average Bonchev–Trinajstić information content (AvgIpc) is 2.83. The molecule has 3 saturated carbocycles. The van der Waals surface area contributed by atoms with Crippen molar-refractivity contribution >= 4 is 45.3 Å². The van der Waals surface area contributed by atoms with E-state index >= 15 is 0 Å². The number of amides is 1. The smallest absolute Gasteiger partial charge is 0.230 e. The van der Waals surface area contributed by atoms with Crippen LogP contribution in [0.1, 0.15) is 66.2 Å². The fourth-order valence-electron chi connectivity index (χ4n) is 9.32. The lowest BCUT2D eigenvalue weighted by Gasteiger charge is -2.69. The van der Waals surface area contributed by atoms with E-state index in [-0.39, 0.29) is 35.0 Å². The number of benzene rings is 1. The van der Waals surface area contributed by atoms with Crippen LogP contribution in [0.3, 0.4) is 0 Å². The van der Waals surface area contributed by atoms with E-state index in [1.54, 1.807) is 0 Å². The summed E-state index contributed by atoms with van der Waals surface area (Å²) in [6.07, 6.45) is 7.57. The molecule has 5 aliphatic rings. The third kappa shape index (κ3) is 3.65. The van der Waals surface area contributed by atoms with E-state index in [1.807, 2.05) is 30.3 Å². The number of para-hydroxylation sites is 1. The van der Waals surface area contributed by atoms with Gasteiger partial charge in [-0.25, -0.2) is 0 Å². The molecule has 1 amide bonds. The molecule has 6 heteroatoms. The molecule has 4 nitrogen and oxygen atoms in total. The van der Waals surface area contributed by atoms with Crippen molar-refractivity contribution in [3.63, 3.8) is 0 Å². The van der Waals surface area contributed by atoms with Crippen LogP contribution < -0.4 is 5.32 Å². The lowest BCUT2D eigenvalue weighted by atomic mass is 9.34. The Morgan fingerprint density at radius 3 is 2.28 bits per heavy atom. The van der Waals surface area contributed by atoms with Crippen LogP contribution in [-0.2, 0) is 14.4 Å². The first kappa shape index (κ1) is 26.0. The van der Waals surface area contributed by atoms with Crippen LogP contribution in [0.15, 0.2) is 42.0 Å². The van der Waals surface area contributed by atoms with E-state index in [4.69, 9.17) is 23.2 Å². The van der Waals surface area contributed by atoms with Crippen molar-refractivity contribution < 1.29 is 14.4 Å². The number of carbonyl (C=O) groups excluding carboxylic acids is 3. The van der Waals surface area contributed by atoms with E-state index in [0.29, 0.717) is 0 Å². The molecule has 1 aromatic rings. The molecule has 1 N–H and O–H groups in total. The zero-order chi connectivity index (χ0) is 26.0. The Hall–Kier alpha value is -1.65. The summed E-state index contributed by atoms with van der Waals surface area (Å²) in [6, 6.07) is 9.67. The van der Waals surface area contributed by atoms with Gasteiger partial charge in [-0.2, -0.15) is 0 Å². The Morgan fingerprint density at radius 1 is 0.972 bits per heavy atom. The molecule has 36 heavy (non-hydrogen) atoms. The van der Waals surface area contributed by atoms with E-state index in [9.17, 15) is 14.4 Å². The SMILES string of the molecule is CC(C)C1=CC23CC[C@@H]4[C@](C)(CCC[C@@]4(C)C(=O)Nc4ccccc4)[C@H]2C[C@@H]1[C@H](C(=O)Cl)[C@H]3C(=O)Cl. The zero-order valence-corrected chi connectivity index (χ0v) is 23.2. The third-order valence-corrected chi connectivity index (χ3v) is 11.2. The van der Waals surface area contributed by atoms with Crippen molar-refractivity contribution in [2.24, 2.45) is 51.8 Å². The quantitative estimate of drug-likeness (QED) is 0.323. The van der Waals surface area contributed by atoms with Gasteiger partial charge in [0.1, 0.15) is 0 Å². The summed E-state index contributed by atoms with van der Waals surface area (Å²) in [6.45, 7) is 8.79. The first-order chi connectivity index (χ1) is 17.0. The molecule has 2 bridgehead atoms. The second kappa shape index (κ2) is 8.98. The van der Waals surface area contributed by atoms with Gasteiger partial charge in [0.15, 0.2) is 0 Å². The van der Waals surface area contributed by atoms with Gasteiger partial charge in [-0.15, -0.1) is 0 Å². The van der Waals surface area contributed by atoms with Gasteiger partial charge in [0.2, 0.25) is 16.4 Å². The summed E-state index contributed by atoms with van der Waals surface area (Å²) >= 11 is 12.5. The second-order valence-corrected chi connectivity index (χ2v) is 13.4. The Labute approximate surface area is 224 Å². The number of hydrogen-bond donors (Lipinski definition) is 1. The van der Waals surface area contributed by atoms with Gasteiger partial charge >= 0.3 is 0 Å². The average molecular weight is 531 g/mol. The van der Waals surface area contributed by atoms with Crippen molar-refractivity contribution in [2.75, 3.05) is 5.32 Å². The number of anilines is 1. The molecule has 0 radical (unpaired) electrons. The Balaban J connectivity index is 1.57. The van der Waals surface area contributed by atoms with E-state index in [0.717, 1.165) is 44.2 Å². The topological polar surface area (TPSA) is 63.2 Å². The fraction of sp³-hybridized carbons (Fsp3) is 0.633. The van der Waals surface area contributed by atoms with Crippen LogP contribution in [0.4, 0.5) is 5.69 Å². The molecule has 3 fully saturated rings. The van der Waals surface area contributed by atoms with Crippen LogP contribution in [0.25, 0.3) is 0 Å². The standard InChI is InChI=1S/C30H37Cl2NO3/c1-17(2)20-16-30-14-11-21-28(3,22(30)15-19(20)23(25(31)34)24(30)26(32)35)12-8-13-29(21,4)27(36)33-18-9-6-5-7-10-18/h5-7,9-10,16-17,19,21-24H,8,11-15H2,1-4H3,(H,33,36)/t19-,21+,22+,23-,24-,28-,29+,30?/m0/s1. The number of nitrogens with one attached hydrogen (secondary N) is 1. The maximum atomic E-state index is 13.8. The molecule has 0 saturated heterocycles. The number of carbonyl (C=O) groups is 3. The molecular weight excluding hydrogens is 493 g/mol. The van der Waals surface area contributed by atoms with E-state index < -0.39 is 33.2 Å². The predicted molar refractivity (Wildman–Crippen MR) is 144 cm³/mol. The molecule has 1 spiro atoms. The van der Waals surface area contributed by atoms with Crippen molar-refractivity contribution in [1.82, 2.24) is 0 Å². The van der Waals surface area contributed by atoms with Gasteiger partial charge < -0.3 is 5.32 Å². The molecular formula is C30H37Cl2NO3. The fourth-order valence-corrected chi connectivity index (χ4v) is 9.93. The molecule has 6 rings (SSSR count). The van der Waals surface area contributed by atoms with Gasteiger partial charge in [0.25, 0.3) is 0 Å². The summed E-state index contributed by atoms with van der Waals surface area (Å²) in [7, 11) is 0. The highest BCUT2D eigenvalue weighted by molar-refractivity contribution is 6.67. The lowest BCUT2D eigenvalue weighted by molar-refractivity contribution is -0.186. The molecule has 194 valence electrons. The molecule has 8 atom stereocenters. The van der Waals surface area contributed by atoms with Crippen LogP contribution in [0.2, 0.25) is 0 Å². The first-order valence-corrected chi connectivity index (χ1v) is 14.2. The first-order valence-electron chi connectivity index (χ1n) is 13.4. The molecule has 0 aliphatic heterocycles. The zero-order valence-electron chi connectivity index (χ0n) is 21.7. The largest absolute Gasteiger partial charge is 0.326 e. The normalized spacial score (nSPS) is 41.2. The van der Waals surface area contributed by atoms with Gasteiger partial charge in [-0.3, -0.25) is 14.4 Å².